The van der Waals surface area contributed by atoms with Crippen molar-refractivity contribution in [2.75, 3.05) is 19.8 Å². The molecule has 2 aliphatic heterocycles. The zero-order valence-corrected chi connectivity index (χ0v) is 14.8. The number of H-pyrrole nitrogens is 1. The number of benzene rings is 2. The average molecular weight is 349 g/mol. The monoisotopic (exact) mass is 349 g/mol. The highest BCUT2D eigenvalue weighted by molar-refractivity contribution is 5.74. The molecule has 3 heterocycles. The zero-order chi connectivity index (χ0) is 17.3. The Morgan fingerprint density at radius 2 is 1.96 bits per heavy atom. The summed E-state index contributed by atoms with van der Waals surface area (Å²) in [6.07, 6.45) is 3.25. The third kappa shape index (κ3) is 2.82. The van der Waals surface area contributed by atoms with Crippen molar-refractivity contribution in [3.8, 4) is 11.5 Å². The van der Waals surface area contributed by atoms with Gasteiger partial charge in [0.15, 0.2) is 11.5 Å². The zero-order valence-electron chi connectivity index (χ0n) is 14.8. The molecule has 3 aromatic rings. The number of likely N-dealkylation sites (tertiary alicyclic amines) is 1. The summed E-state index contributed by atoms with van der Waals surface area (Å²) in [5.74, 6) is 2.86. The minimum absolute atomic E-state index is 0.324. The van der Waals surface area contributed by atoms with Crippen LogP contribution < -0.4 is 9.47 Å². The lowest BCUT2D eigenvalue weighted by molar-refractivity contribution is 0.234. The molecule has 0 unspecified atom stereocenters. The maximum Gasteiger partial charge on any atom is 0.165 e. The van der Waals surface area contributed by atoms with Crippen molar-refractivity contribution >= 4 is 11.0 Å². The minimum atomic E-state index is 0.324. The second-order valence-electron chi connectivity index (χ2n) is 7.06. The third-order valence-electron chi connectivity index (χ3n) is 5.31. The summed E-state index contributed by atoms with van der Waals surface area (Å²) in [4.78, 5) is 10.9. The quantitative estimate of drug-likeness (QED) is 0.775. The van der Waals surface area contributed by atoms with Crippen LogP contribution in [0.3, 0.4) is 0 Å². The molecule has 5 rings (SSSR count). The molecule has 2 aromatic carbocycles. The van der Waals surface area contributed by atoms with Crippen LogP contribution >= 0.6 is 0 Å². The van der Waals surface area contributed by atoms with Gasteiger partial charge in [-0.3, -0.25) is 4.90 Å². The van der Waals surface area contributed by atoms with Crippen LogP contribution in [0.1, 0.15) is 36.7 Å². The van der Waals surface area contributed by atoms with Gasteiger partial charge in [0.1, 0.15) is 5.82 Å². The number of hydrogen-bond acceptors (Lipinski definition) is 4. The third-order valence-corrected chi connectivity index (χ3v) is 5.31. The van der Waals surface area contributed by atoms with Gasteiger partial charge in [-0.05, 0) is 37.6 Å². The summed E-state index contributed by atoms with van der Waals surface area (Å²) >= 11 is 0. The van der Waals surface area contributed by atoms with Crippen LogP contribution in [0.5, 0.6) is 11.5 Å². The number of nitrogens with one attached hydrogen (secondary N) is 1. The predicted octanol–water partition coefficient (Wildman–Crippen LogP) is 4.06. The molecule has 0 spiro atoms. The Balaban J connectivity index is 1.43. The molecule has 5 heteroatoms. The Bertz CT molecular complexity index is 888. The van der Waals surface area contributed by atoms with Crippen molar-refractivity contribution in [2.24, 2.45) is 0 Å². The van der Waals surface area contributed by atoms with E-state index in [1.54, 1.807) is 0 Å². The molecule has 1 saturated heterocycles. The first-order chi connectivity index (χ1) is 12.9. The highest BCUT2D eigenvalue weighted by atomic mass is 16.5. The van der Waals surface area contributed by atoms with E-state index in [9.17, 15) is 0 Å². The number of ether oxygens (including phenoxy) is 2. The van der Waals surface area contributed by atoms with E-state index >= 15 is 0 Å². The smallest absolute Gasteiger partial charge is 0.165 e. The predicted molar refractivity (Wildman–Crippen MR) is 101 cm³/mol. The lowest BCUT2D eigenvalue weighted by Crippen LogP contribution is -2.24. The van der Waals surface area contributed by atoms with Gasteiger partial charge in [0, 0.05) is 18.5 Å². The Kier molecular flexibility index (Phi) is 4.02. The maximum atomic E-state index is 6.00. The molecular formula is C21H23N3O2. The van der Waals surface area contributed by atoms with Crippen LogP contribution in [0.25, 0.3) is 11.0 Å². The largest absolute Gasteiger partial charge is 0.490 e. The number of rotatable bonds is 3. The van der Waals surface area contributed by atoms with Crippen LogP contribution in [0, 0.1) is 0 Å². The molecule has 1 atom stereocenters. The van der Waals surface area contributed by atoms with Gasteiger partial charge >= 0.3 is 0 Å². The van der Waals surface area contributed by atoms with E-state index in [0.717, 1.165) is 67.5 Å². The van der Waals surface area contributed by atoms with Crippen LogP contribution in [-0.2, 0) is 6.54 Å². The number of nitrogens with zero attached hydrogens (tertiary/aromatic N) is 2. The van der Waals surface area contributed by atoms with Gasteiger partial charge in [0.2, 0.25) is 0 Å². The van der Waals surface area contributed by atoms with Gasteiger partial charge in [0.25, 0.3) is 0 Å². The van der Waals surface area contributed by atoms with E-state index in [4.69, 9.17) is 14.5 Å². The number of aromatic amines is 1. The summed E-state index contributed by atoms with van der Waals surface area (Å²) in [5.41, 5.74) is 3.35. The fraction of sp³-hybridized carbons (Fsp3) is 0.381. The topological polar surface area (TPSA) is 50.4 Å². The van der Waals surface area contributed by atoms with E-state index in [1.807, 2.05) is 18.2 Å². The fourth-order valence-corrected chi connectivity index (χ4v) is 4.05. The first-order valence-corrected chi connectivity index (χ1v) is 9.45. The maximum absolute atomic E-state index is 6.00. The number of imidazole rings is 1. The van der Waals surface area contributed by atoms with Crippen molar-refractivity contribution in [3.05, 3.63) is 53.9 Å². The van der Waals surface area contributed by atoms with Crippen molar-refractivity contribution in [2.45, 2.75) is 31.8 Å². The number of fused-ring (bicyclic) bond motifs is 2. The lowest BCUT2D eigenvalue weighted by atomic mass is 10.1. The first kappa shape index (κ1) is 15.7. The van der Waals surface area contributed by atoms with Gasteiger partial charge < -0.3 is 14.5 Å². The Hall–Kier alpha value is -2.53. The first-order valence-electron chi connectivity index (χ1n) is 9.45. The van der Waals surface area contributed by atoms with Crippen molar-refractivity contribution in [1.82, 2.24) is 14.9 Å². The SMILES string of the molecule is c1cc(CN2CCC[C@H]2c2nc3ccccc3[nH]2)c2c(c1)OCCCO2. The van der Waals surface area contributed by atoms with Gasteiger partial charge in [-0.2, -0.15) is 0 Å². The summed E-state index contributed by atoms with van der Waals surface area (Å²) in [7, 11) is 0. The molecule has 0 bridgehead atoms. The molecule has 5 nitrogen and oxygen atoms in total. The normalized spacial score (nSPS) is 20.4. The summed E-state index contributed by atoms with van der Waals surface area (Å²) in [6, 6.07) is 14.8. The van der Waals surface area contributed by atoms with Crippen LogP contribution in [0.2, 0.25) is 0 Å². The molecule has 1 fully saturated rings. The molecule has 134 valence electrons. The average Bonchev–Trinajstić information content (AvgIpc) is 3.22. The second kappa shape index (κ2) is 6.65. The molecule has 1 N–H and O–H groups in total. The number of hydrogen-bond donors (Lipinski definition) is 1. The molecule has 0 aliphatic carbocycles. The molecule has 1 aromatic heterocycles. The number of aromatic nitrogens is 2. The van der Waals surface area contributed by atoms with Crippen molar-refractivity contribution in [1.29, 1.82) is 0 Å². The lowest BCUT2D eigenvalue weighted by Gasteiger charge is -2.24. The van der Waals surface area contributed by atoms with E-state index in [0.29, 0.717) is 6.04 Å². The van der Waals surface area contributed by atoms with Gasteiger partial charge in [-0.15, -0.1) is 0 Å². The van der Waals surface area contributed by atoms with Gasteiger partial charge in [-0.1, -0.05) is 24.3 Å². The van der Waals surface area contributed by atoms with Crippen LogP contribution in [0.15, 0.2) is 42.5 Å². The summed E-state index contributed by atoms with van der Waals surface area (Å²) < 4.78 is 11.8. The minimum Gasteiger partial charge on any atom is -0.490 e. The van der Waals surface area contributed by atoms with Crippen LogP contribution in [0.4, 0.5) is 0 Å². The highest BCUT2D eigenvalue weighted by Crippen LogP contribution is 2.38. The molecule has 0 saturated carbocycles. The summed E-state index contributed by atoms with van der Waals surface area (Å²) in [5, 5.41) is 0. The highest BCUT2D eigenvalue weighted by Gasteiger charge is 2.29. The Morgan fingerprint density at radius 1 is 1.04 bits per heavy atom. The fourth-order valence-electron chi connectivity index (χ4n) is 4.05. The number of para-hydroxylation sites is 3. The second-order valence-corrected chi connectivity index (χ2v) is 7.06. The van der Waals surface area contributed by atoms with Gasteiger partial charge in [0.05, 0.1) is 30.3 Å². The molecule has 2 aliphatic rings. The van der Waals surface area contributed by atoms with Crippen LogP contribution in [-0.4, -0.2) is 34.6 Å². The van der Waals surface area contributed by atoms with E-state index in [-0.39, 0.29) is 0 Å². The van der Waals surface area contributed by atoms with E-state index in [1.165, 1.54) is 12.0 Å². The molecular weight excluding hydrogens is 326 g/mol. The Labute approximate surface area is 152 Å². The van der Waals surface area contributed by atoms with Gasteiger partial charge in [-0.25, -0.2) is 4.98 Å². The van der Waals surface area contributed by atoms with Crippen molar-refractivity contribution < 1.29 is 9.47 Å². The molecule has 0 amide bonds. The van der Waals surface area contributed by atoms with E-state index < -0.39 is 0 Å². The molecule has 26 heavy (non-hydrogen) atoms. The Morgan fingerprint density at radius 3 is 2.92 bits per heavy atom. The molecule has 0 radical (unpaired) electrons. The van der Waals surface area contributed by atoms with E-state index in [2.05, 4.69) is 34.1 Å². The van der Waals surface area contributed by atoms with Crippen molar-refractivity contribution in [3.63, 3.8) is 0 Å². The standard InChI is InChI=1S/C21H23N3O2/c1-2-8-17-16(7-1)22-21(23-17)18-9-4-11-24(18)14-15-6-3-10-19-20(15)26-13-5-12-25-19/h1-3,6-8,10,18H,4-5,9,11-14H2,(H,22,23)/t18-/m0/s1. The summed E-state index contributed by atoms with van der Waals surface area (Å²) in [6.45, 7) is 3.37.